The summed E-state index contributed by atoms with van der Waals surface area (Å²) in [5, 5.41) is 10.0. The Morgan fingerprint density at radius 3 is 2.12 bits per heavy atom. The fourth-order valence-electron chi connectivity index (χ4n) is 4.57. The van der Waals surface area contributed by atoms with Gasteiger partial charge in [-0.2, -0.15) is 0 Å². The molecule has 1 amide bonds. The number of carboxylic acid groups (broad SMARTS) is 1. The molecule has 33 heavy (non-hydrogen) atoms. The van der Waals surface area contributed by atoms with Crippen molar-refractivity contribution in [3.05, 3.63) is 63.6 Å². The summed E-state index contributed by atoms with van der Waals surface area (Å²) in [6.45, 7) is 4.53. The first-order valence-corrected chi connectivity index (χ1v) is 12.1. The maximum absolute atomic E-state index is 12.7. The van der Waals surface area contributed by atoms with E-state index in [0.29, 0.717) is 21.5 Å². The molecule has 176 valence electrons. The average molecular weight is 491 g/mol. The molecule has 2 aliphatic heterocycles. The fourth-order valence-corrected chi connectivity index (χ4v) is 4.86. The Balaban J connectivity index is 1.19. The van der Waals surface area contributed by atoms with Crippen LogP contribution in [0, 0.1) is 5.92 Å². The van der Waals surface area contributed by atoms with Crippen LogP contribution in [0.1, 0.15) is 46.4 Å². The second-order valence-corrected chi connectivity index (χ2v) is 9.63. The number of piperidine rings is 2. The van der Waals surface area contributed by atoms with Crippen molar-refractivity contribution in [2.75, 3.05) is 32.7 Å². The molecule has 0 unspecified atom stereocenters. The van der Waals surface area contributed by atoms with Crippen LogP contribution < -0.4 is 4.74 Å². The highest BCUT2D eigenvalue weighted by atomic mass is 35.5. The molecule has 0 spiro atoms. The third-order valence-electron chi connectivity index (χ3n) is 6.53. The minimum atomic E-state index is -0.986. The number of carboxylic acids is 1. The summed E-state index contributed by atoms with van der Waals surface area (Å²) in [4.78, 5) is 28.1. The summed E-state index contributed by atoms with van der Waals surface area (Å²) in [5.41, 5.74) is 0.735. The number of likely N-dealkylation sites (tertiary alicyclic amines) is 2. The Labute approximate surface area is 204 Å². The van der Waals surface area contributed by atoms with Gasteiger partial charge in [0.25, 0.3) is 5.91 Å². The van der Waals surface area contributed by atoms with Gasteiger partial charge < -0.3 is 19.6 Å². The number of hydrogen-bond acceptors (Lipinski definition) is 4. The van der Waals surface area contributed by atoms with Crippen molar-refractivity contribution in [1.29, 1.82) is 0 Å². The molecule has 0 aromatic heterocycles. The van der Waals surface area contributed by atoms with Crippen LogP contribution in [0.3, 0.4) is 0 Å². The first kappa shape index (κ1) is 23.9. The molecule has 0 bridgehead atoms. The summed E-state index contributed by atoms with van der Waals surface area (Å²) in [6.07, 6.45) is 4.11. The van der Waals surface area contributed by atoms with Crippen molar-refractivity contribution >= 4 is 35.1 Å². The van der Waals surface area contributed by atoms with E-state index in [1.807, 2.05) is 11.0 Å². The van der Waals surface area contributed by atoms with Crippen LogP contribution in [0.5, 0.6) is 5.75 Å². The number of hydrogen-bond donors (Lipinski definition) is 1. The van der Waals surface area contributed by atoms with Gasteiger partial charge in [0.1, 0.15) is 11.9 Å². The van der Waals surface area contributed by atoms with Gasteiger partial charge in [-0.3, -0.25) is 4.79 Å². The van der Waals surface area contributed by atoms with Gasteiger partial charge in [-0.25, -0.2) is 4.79 Å². The summed E-state index contributed by atoms with van der Waals surface area (Å²) in [6, 6.07) is 11.6. The number of benzene rings is 2. The molecule has 0 aliphatic carbocycles. The van der Waals surface area contributed by atoms with E-state index >= 15 is 0 Å². The topological polar surface area (TPSA) is 70.1 Å². The molecule has 2 saturated heterocycles. The predicted octanol–water partition coefficient (Wildman–Crippen LogP) is 5.09. The van der Waals surface area contributed by atoms with E-state index in [9.17, 15) is 9.59 Å². The molecule has 1 N–H and O–H groups in total. The van der Waals surface area contributed by atoms with Gasteiger partial charge in [0.2, 0.25) is 0 Å². The second-order valence-electron chi connectivity index (χ2n) is 8.81. The van der Waals surface area contributed by atoms with E-state index in [2.05, 4.69) is 4.90 Å². The van der Waals surface area contributed by atoms with Crippen molar-refractivity contribution < 1.29 is 19.4 Å². The molecule has 4 rings (SSSR count). The smallest absolute Gasteiger partial charge is 0.335 e. The molecule has 0 atom stereocenters. The first-order valence-electron chi connectivity index (χ1n) is 11.4. The zero-order valence-electron chi connectivity index (χ0n) is 18.4. The molecular weight excluding hydrogens is 463 g/mol. The molecule has 8 heteroatoms. The van der Waals surface area contributed by atoms with Gasteiger partial charge in [-0.05, 0) is 68.0 Å². The Morgan fingerprint density at radius 1 is 0.879 bits per heavy atom. The lowest BCUT2D eigenvalue weighted by atomic mass is 9.94. The van der Waals surface area contributed by atoms with Crippen LogP contribution in [-0.2, 0) is 0 Å². The standard InChI is InChI=1S/C25H28Cl2N2O4/c26-22-6-5-21(15-23(22)27)33-20-9-11-28(12-10-20)16-17-7-13-29(14-8-17)24(30)18-1-3-19(4-2-18)25(31)32/h1-6,15,17,20H,7-14,16H2,(H,31,32). The molecule has 2 heterocycles. The van der Waals surface area contributed by atoms with E-state index in [1.165, 1.54) is 12.1 Å². The van der Waals surface area contributed by atoms with Gasteiger partial charge in [0, 0.05) is 44.4 Å². The number of ether oxygens (including phenoxy) is 1. The monoisotopic (exact) mass is 490 g/mol. The molecule has 2 aliphatic rings. The highest BCUT2D eigenvalue weighted by Crippen LogP contribution is 2.29. The van der Waals surface area contributed by atoms with E-state index in [1.54, 1.807) is 24.3 Å². The molecule has 0 radical (unpaired) electrons. The number of halogens is 2. The highest BCUT2D eigenvalue weighted by molar-refractivity contribution is 6.42. The molecule has 0 saturated carbocycles. The maximum atomic E-state index is 12.7. The Kier molecular flexibility index (Phi) is 7.78. The van der Waals surface area contributed by atoms with E-state index in [0.717, 1.165) is 64.2 Å². The summed E-state index contributed by atoms with van der Waals surface area (Å²) < 4.78 is 6.09. The van der Waals surface area contributed by atoms with Crippen LogP contribution in [0.2, 0.25) is 10.0 Å². The van der Waals surface area contributed by atoms with Crippen LogP contribution in [-0.4, -0.2) is 65.6 Å². The summed E-state index contributed by atoms with van der Waals surface area (Å²) in [7, 11) is 0. The van der Waals surface area contributed by atoms with Crippen molar-refractivity contribution in [2.45, 2.75) is 31.8 Å². The average Bonchev–Trinajstić information content (AvgIpc) is 2.83. The van der Waals surface area contributed by atoms with Gasteiger partial charge in [-0.1, -0.05) is 23.2 Å². The second kappa shape index (κ2) is 10.8. The van der Waals surface area contributed by atoms with Crippen LogP contribution in [0.25, 0.3) is 0 Å². The number of amides is 1. The number of rotatable bonds is 6. The number of nitrogens with zero attached hydrogens (tertiary/aromatic N) is 2. The van der Waals surface area contributed by atoms with E-state index < -0.39 is 5.97 Å². The number of carbonyl (C=O) groups is 2. The van der Waals surface area contributed by atoms with Gasteiger partial charge >= 0.3 is 5.97 Å². The number of carbonyl (C=O) groups excluding carboxylic acids is 1. The lowest BCUT2D eigenvalue weighted by Crippen LogP contribution is -2.44. The molecular formula is C25H28Cl2N2O4. The molecule has 2 aromatic carbocycles. The van der Waals surface area contributed by atoms with Crippen molar-refractivity contribution in [1.82, 2.24) is 9.80 Å². The third kappa shape index (κ3) is 6.19. The predicted molar refractivity (Wildman–Crippen MR) is 129 cm³/mol. The highest BCUT2D eigenvalue weighted by Gasteiger charge is 2.27. The molecule has 2 fully saturated rings. The van der Waals surface area contributed by atoms with E-state index in [-0.39, 0.29) is 17.6 Å². The fraction of sp³-hybridized carbons (Fsp3) is 0.440. The maximum Gasteiger partial charge on any atom is 0.335 e. The normalized spacial score (nSPS) is 18.3. The Bertz CT molecular complexity index is 982. The minimum absolute atomic E-state index is 0.0225. The zero-order chi connectivity index (χ0) is 23.4. The SMILES string of the molecule is O=C(O)c1ccc(C(=O)N2CCC(CN3CCC(Oc4ccc(Cl)c(Cl)c4)CC3)CC2)cc1. The van der Waals surface area contributed by atoms with Crippen LogP contribution in [0.4, 0.5) is 0 Å². The first-order chi connectivity index (χ1) is 15.9. The summed E-state index contributed by atoms with van der Waals surface area (Å²) >= 11 is 12.1. The quantitative estimate of drug-likeness (QED) is 0.610. The van der Waals surface area contributed by atoms with Gasteiger partial charge in [-0.15, -0.1) is 0 Å². The third-order valence-corrected chi connectivity index (χ3v) is 7.26. The largest absolute Gasteiger partial charge is 0.490 e. The lowest BCUT2D eigenvalue weighted by Gasteiger charge is -2.37. The van der Waals surface area contributed by atoms with Crippen molar-refractivity contribution in [3.63, 3.8) is 0 Å². The number of aromatic carboxylic acids is 1. The van der Waals surface area contributed by atoms with Gasteiger partial charge in [0.15, 0.2) is 0 Å². The molecule has 2 aromatic rings. The van der Waals surface area contributed by atoms with E-state index in [4.69, 9.17) is 33.0 Å². The Hall–Kier alpha value is -2.28. The molecule has 6 nitrogen and oxygen atoms in total. The van der Waals surface area contributed by atoms with Crippen LogP contribution >= 0.6 is 23.2 Å². The lowest BCUT2D eigenvalue weighted by molar-refractivity contribution is 0.0605. The van der Waals surface area contributed by atoms with Gasteiger partial charge in [0.05, 0.1) is 15.6 Å². The Morgan fingerprint density at radius 2 is 1.52 bits per heavy atom. The van der Waals surface area contributed by atoms with Crippen molar-refractivity contribution in [3.8, 4) is 5.75 Å². The van der Waals surface area contributed by atoms with Crippen LogP contribution in [0.15, 0.2) is 42.5 Å². The van der Waals surface area contributed by atoms with Crippen molar-refractivity contribution in [2.24, 2.45) is 5.92 Å². The zero-order valence-corrected chi connectivity index (χ0v) is 19.9. The minimum Gasteiger partial charge on any atom is -0.490 e. The summed E-state index contributed by atoms with van der Waals surface area (Å²) in [5.74, 6) is 0.332.